The van der Waals surface area contributed by atoms with Crippen LogP contribution in [0.3, 0.4) is 0 Å². The lowest BCUT2D eigenvalue weighted by atomic mass is 10.1. The highest BCUT2D eigenvalue weighted by Gasteiger charge is 2.41. The zero-order chi connectivity index (χ0) is 20.3. The van der Waals surface area contributed by atoms with E-state index in [2.05, 4.69) is 0 Å². The van der Waals surface area contributed by atoms with E-state index < -0.39 is 21.8 Å². The zero-order valence-electron chi connectivity index (χ0n) is 14.4. The lowest BCUT2D eigenvalue weighted by Crippen LogP contribution is -2.48. The molecule has 0 saturated carbocycles. The van der Waals surface area contributed by atoms with Crippen LogP contribution in [0.4, 0.5) is 24.5 Å². The van der Waals surface area contributed by atoms with Crippen LogP contribution in [0.2, 0.25) is 10.0 Å². The second kappa shape index (κ2) is 6.71. The minimum atomic E-state index is -4.58. The van der Waals surface area contributed by atoms with Crippen LogP contribution in [0, 0.1) is 0 Å². The molecule has 2 aromatic rings. The van der Waals surface area contributed by atoms with Gasteiger partial charge in [0.2, 0.25) is 0 Å². The molecule has 0 bridgehead atoms. The fraction of sp³-hybridized carbons (Fsp3) is 0.333. The first-order chi connectivity index (χ1) is 13.1. The quantitative estimate of drug-likeness (QED) is 0.631. The van der Waals surface area contributed by atoms with Gasteiger partial charge in [0.05, 0.1) is 28.5 Å². The summed E-state index contributed by atoms with van der Waals surface area (Å²) in [6.07, 6.45) is -2.98. The van der Waals surface area contributed by atoms with Crippen LogP contribution >= 0.6 is 23.2 Å². The van der Waals surface area contributed by atoms with Gasteiger partial charge < -0.3 is 4.90 Å². The smallest absolute Gasteiger partial charge is 0.365 e. The number of sulfonamides is 1. The third kappa shape index (κ3) is 3.21. The highest BCUT2D eigenvalue weighted by molar-refractivity contribution is 7.93. The molecule has 0 N–H and O–H groups in total. The number of hydrogen-bond donors (Lipinski definition) is 0. The molecule has 4 rings (SSSR count). The maximum Gasteiger partial charge on any atom is 0.416 e. The molecule has 0 spiro atoms. The highest BCUT2D eigenvalue weighted by Crippen LogP contribution is 2.45. The van der Waals surface area contributed by atoms with E-state index in [1.807, 2.05) is 4.90 Å². The third-order valence-electron chi connectivity index (χ3n) is 5.10. The number of alkyl halides is 3. The Morgan fingerprint density at radius 1 is 1.04 bits per heavy atom. The number of benzene rings is 2. The second-order valence-electron chi connectivity index (χ2n) is 6.80. The minimum absolute atomic E-state index is 0.00372. The highest BCUT2D eigenvalue weighted by atomic mass is 35.5. The molecular weight excluding hydrogens is 436 g/mol. The lowest BCUT2D eigenvalue weighted by molar-refractivity contribution is -0.137. The molecule has 28 heavy (non-hydrogen) atoms. The van der Waals surface area contributed by atoms with Gasteiger partial charge in [0.15, 0.2) is 0 Å². The van der Waals surface area contributed by atoms with E-state index in [9.17, 15) is 21.6 Å². The average Bonchev–Trinajstić information content (AvgIpc) is 3.10. The number of hydrogen-bond acceptors (Lipinski definition) is 3. The van der Waals surface area contributed by atoms with Gasteiger partial charge in [-0.05, 0) is 49.2 Å². The molecule has 2 heterocycles. The van der Waals surface area contributed by atoms with Crippen molar-refractivity contribution in [1.82, 2.24) is 0 Å². The van der Waals surface area contributed by atoms with Crippen molar-refractivity contribution in [3.8, 4) is 0 Å². The Balaban J connectivity index is 1.90. The van der Waals surface area contributed by atoms with E-state index in [1.165, 1.54) is 24.3 Å². The Kier molecular flexibility index (Phi) is 4.71. The summed E-state index contributed by atoms with van der Waals surface area (Å²) in [7, 11) is -4.21. The molecule has 1 atom stereocenters. The van der Waals surface area contributed by atoms with E-state index in [0.29, 0.717) is 12.2 Å². The van der Waals surface area contributed by atoms with Crippen molar-refractivity contribution in [1.29, 1.82) is 0 Å². The van der Waals surface area contributed by atoms with Gasteiger partial charge in [-0.15, -0.1) is 0 Å². The average molecular weight is 451 g/mol. The Bertz CT molecular complexity index is 1040. The molecule has 1 saturated heterocycles. The van der Waals surface area contributed by atoms with Crippen LogP contribution in [0.1, 0.15) is 18.4 Å². The Morgan fingerprint density at radius 2 is 1.79 bits per heavy atom. The first kappa shape index (κ1) is 19.7. The standard InChI is InChI=1S/C18H15Cl2F3N2O2S/c19-12-4-5-14(20)17(9-12)28(26,27)25-10-13-2-1-7-24(13)15-6-3-11(8-16(15)25)18(21,22)23/h3-6,8-9,13H,1-2,7,10H2/t13-/m0/s1. The van der Waals surface area contributed by atoms with Crippen molar-refractivity contribution in [2.24, 2.45) is 0 Å². The van der Waals surface area contributed by atoms with Gasteiger partial charge in [-0.2, -0.15) is 13.2 Å². The Labute approximate surface area is 170 Å². The molecule has 2 aliphatic heterocycles. The van der Waals surface area contributed by atoms with Gasteiger partial charge in [-0.25, -0.2) is 8.42 Å². The van der Waals surface area contributed by atoms with Gasteiger partial charge >= 0.3 is 6.18 Å². The molecule has 2 aliphatic rings. The molecule has 0 aliphatic carbocycles. The Hall–Kier alpha value is -1.64. The summed E-state index contributed by atoms with van der Waals surface area (Å²) < 4.78 is 67.5. The summed E-state index contributed by atoms with van der Waals surface area (Å²) >= 11 is 12.0. The molecule has 0 radical (unpaired) electrons. The molecule has 2 aromatic carbocycles. The summed E-state index contributed by atoms with van der Waals surface area (Å²) in [5.74, 6) is 0. The first-order valence-electron chi connectivity index (χ1n) is 8.55. The molecular formula is C18H15Cl2F3N2O2S. The number of fused-ring (bicyclic) bond motifs is 3. The fourth-order valence-corrected chi connectivity index (χ4v) is 6.04. The van der Waals surface area contributed by atoms with Gasteiger partial charge in [0.1, 0.15) is 4.90 Å². The van der Waals surface area contributed by atoms with E-state index in [1.54, 1.807) is 0 Å². The summed E-state index contributed by atoms with van der Waals surface area (Å²) in [6, 6.07) is 7.14. The Morgan fingerprint density at radius 3 is 2.50 bits per heavy atom. The van der Waals surface area contributed by atoms with Crippen molar-refractivity contribution in [2.75, 3.05) is 22.3 Å². The van der Waals surface area contributed by atoms with Crippen molar-refractivity contribution in [3.05, 3.63) is 52.0 Å². The maximum atomic E-state index is 13.4. The topological polar surface area (TPSA) is 40.6 Å². The van der Waals surface area contributed by atoms with E-state index >= 15 is 0 Å². The van der Waals surface area contributed by atoms with Gasteiger partial charge in [0.25, 0.3) is 10.0 Å². The number of anilines is 2. The van der Waals surface area contributed by atoms with Crippen LogP contribution in [0.25, 0.3) is 0 Å². The van der Waals surface area contributed by atoms with Crippen LogP contribution in [0.5, 0.6) is 0 Å². The van der Waals surface area contributed by atoms with Gasteiger partial charge in [-0.3, -0.25) is 4.31 Å². The van der Waals surface area contributed by atoms with Crippen LogP contribution in [-0.2, 0) is 16.2 Å². The second-order valence-corrected chi connectivity index (χ2v) is 9.48. The molecule has 0 amide bonds. The minimum Gasteiger partial charge on any atom is -0.365 e. The normalized spacial score (nSPS) is 19.5. The molecule has 10 heteroatoms. The number of halogens is 5. The summed E-state index contributed by atoms with van der Waals surface area (Å²) in [5, 5.41) is 0.138. The summed E-state index contributed by atoms with van der Waals surface area (Å²) in [4.78, 5) is 1.75. The van der Waals surface area contributed by atoms with Crippen LogP contribution in [-0.4, -0.2) is 27.5 Å². The largest absolute Gasteiger partial charge is 0.416 e. The SMILES string of the molecule is O=S(=O)(c1cc(Cl)ccc1Cl)N1C[C@@H]2CCCN2c2ccc(C(F)(F)F)cc21. The molecule has 1 fully saturated rings. The monoisotopic (exact) mass is 450 g/mol. The van der Waals surface area contributed by atoms with Crippen LogP contribution < -0.4 is 9.21 Å². The van der Waals surface area contributed by atoms with Crippen molar-refractivity contribution >= 4 is 44.6 Å². The van der Waals surface area contributed by atoms with E-state index in [0.717, 1.165) is 29.3 Å². The number of rotatable bonds is 2. The van der Waals surface area contributed by atoms with Crippen molar-refractivity contribution in [2.45, 2.75) is 30.0 Å². The summed E-state index contributed by atoms with van der Waals surface area (Å²) in [6.45, 7) is 0.730. The molecule has 4 nitrogen and oxygen atoms in total. The molecule has 0 unspecified atom stereocenters. The molecule has 150 valence electrons. The maximum absolute atomic E-state index is 13.4. The van der Waals surface area contributed by atoms with Gasteiger partial charge in [0, 0.05) is 17.6 Å². The summed E-state index contributed by atoms with van der Waals surface area (Å²) in [5.41, 5.74) is -0.422. The predicted octanol–water partition coefficient (Wildman–Crippen LogP) is 5.19. The van der Waals surface area contributed by atoms with Crippen molar-refractivity contribution < 1.29 is 21.6 Å². The number of nitrogens with zero attached hydrogens (tertiary/aromatic N) is 2. The van der Waals surface area contributed by atoms with Crippen molar-refractivity contribution in [3.63, 3.8) is 0 Å². The fourth-order valence-electron chi connectivity index (χ4n) is 3.80. The third-order valence-corrected chi connectivity index (χ3v) is 7.59. The van der Waals surface area contributed by atoms with Crippen LogP contribution in [0.15, 0.2) is 41.3 Å². The zero-order valence-corrected chi connectivity index (χ0v) is 16.7. The first-order valence-corrected chi connectivity index (χ1v) is 10.7. The van der Waals surface area contributed by atoms with E-state index in [4.69, 9.17) is 23.2 Å². The lowest BCUT2D eigenvalue weighted by Gasteiger charge is -2.40. The predicted molar refractivity (Wildman–Crippen MR) is 103 cm³/mol. The van der Waals surface area contributed by atoms with E-state index in [-0.39, 0.29) is 33.2 Å². The molecule has 0 aromatic heterocycles. The van der Waals surface area contributed by atoms with Gasteiger partial charge in [-0.1, -0.05) is 23.2 Å².